The molecule has 284 valence electrons. The molecule has 2 aliphatic carbocycles. The molecular weight excluding hydrogens is 745 g/mol. The lowest BCUT2D eigenvalue weighted by atomic mass is 9.73. The summed E-state index contributed by atoms with van der Waals surface area (Å²) in [6.45, 7) is 4.53. The van der Waals surface area contributed by atoms with Gasteiger partial charge in [-0.15, -0.1) is 11.3 Å². The molecule has 2 aliphatic rings. The van der Waals surface area contributed by atoms with Gasteiger partial charge in [-0.3, -0.25) is 0 Å². The zero-order chi connectivity index (χ0) is 40.0. The Hall–Kier alpha value is -7.20. The molecule has 2 nitrogen and oxygen atoms in total. The van der Waals surface area contributed by atoms with E-state index in [1.807, 2.05) is 11.3 Å². The molecule has 12 rings (SSSR count). The van der Waals surface area contributed by atoms with Gasteiger partial charge in [-0.05, 0) is 147 Å². The van der Waals surface area contributed by atoms with Crippen LogP contribution < -0.4 is 9.80 Å². The first-order chi connectivity index (χ1) is 29.6. The van der Waals surface area contributed by atoms with Crippen LogP contribution in [0.1, 0.15) is 32.7 Å². The molecule has 0 atom stereocenters. The number of aryl methyl sites for hydroxylation is 2. The third kappa shape index (κ3) is 5.00. The largest absolute Gasteiger partial charge is 0.310 e. The number of benzene rings is 9. The summed E-state index contributed by atoms with van der Waals surface area (Å²) < 4.78 is 0. The molecule has 1 aromatic heterocycles. The molecule has 9 aromatic carbocycles. The standard InChI is InChI=1S/C57H40N2S/c1-37-33-50-49-31-32-60-56(49)57(51(50)34-38(37)2)52-35-43(58(41-19-5-3-6-20-41)54-25-13-17-39-15-9-11-23-45(39)54)27-29-47(52)48-30-28-44(36-53(48)57)59(42-21-7-4-8-22-42)55-26-14-18-40-16-10-12-24-46(40)55/h3-36H,1-2H3. The SMILES string of the molecule is Cc1cc2c(cc1C)C1(c3cc(N(c4ccccc4)c4cccc5ccccc45)ccc3-c3ccc(N(c4ccccc4)c4cccc5ccccc45)cc31)c1sccc1-2. The van der Waals surface area contributed by atoms with Crippen LogP contribution in [0.4, 0.5) is 34.1 Å². The fourth-order valence-corrected chi connectivity index (χ4v) is 11.4. The molecule has 0 saturated carbocycles. The number of para-hydroxylation sites is 2. The van der Waals surface area contributed by atoms with E-state index in [1.54, 1.807) is 0 Å². The molecule has 0 saturated heterocycles. The van der Waals surface area contributed by atoms with E-state index in [0.29, 0.717) is 0 Å². The number of hydrogen-bond donors (Lipinski definition) is 0. The molecule has 3 heteroatoms. The Labute approximate surface area is 354 Å². The molecular formula is C57H40N2S. The Bertz CT molecular complexity index is 3120. The monoisotopic (exact) mass is 784 g/mol. The van der Waals surface area contributed by atoms with Crippen molar-refractivity contribution in [1.82, 2.24) is 0 Å². The lowest BCUT2D eigenvalue weighted by Gasteiger charge is -2.33. The highest BCUT2D eigenvalue weighted by molar-refractivity contribution is 7.11. The fourth-order valence-electron chi connectivity index (χ4n) is 10.2. The van der Waals surface area contributed by atoms with E-state index >= 15 is 0 Å². The van der Waals surface area contributed by atoms with Crippen LogP contribution in [0.5, 0.6) is 0 Å². The fraction of sp³-hybridized carbons (Fsp3) is 0.0526. The van der Waals surface area contributed by atoms with E-state index in [-0.39, 0.29) is 0 Å². The van der Waals surface area contributed by atoms with Gasteiger partial charge in [0.1, 0.15) is 0 Å². The molecule has 60 heavy (non-hydrogen) atoms. The van der Waals surface area contributed by atoms with Crippen molar-refractivity contribution in [3.8, 4) is 22.3 Å². The molecule has 1 heterocycles. The van der Waals surface area contributed by atoms with Gasteiger partial charge < -0.3 is 9.80 Å². The van der Waals surface area contributed by atoms with Crippen LogP contribution in [0.3, 0.4) is 0 Å². The molecule has 0 N–H and O–H groups in total. The molecule has 0 aliphatic heterocycles. The normalized spacial score (nSPS) is 13.0. The zero-order valence-corrected chi connectivity index (χ0v) is 34.2. The third-order valence-corrected chi connectivity index (χ3v) is 14.0. The van der Waals surface area contributed by atoms with Crippen LogP contribution >= 0.6 is 11.3 Å². The Balaban J connectivity index is 1.15. The van der Waals surface area contributed by atoms with E-state index in [4.69, 9.17) is 0 Å². The van der Waals surface area contributed by atoms with Crippen molar-refractivity contribution >= 4 is 67.0 Å². The average Bonchev–Trinajstić information content (AvgIpc) is 3.97. The van der Waals surface area contributed by atoms with Crippen LogP contribution in [-0.2, 0) is 5.41 Å². The molecule has 0 unspecified atom stereocenters. The van der Waals surface area contributed by atoms with Crippen molar-refractivity contribution in [2.75, 3.05) is 9.80 Å². The number of rotatable bonds is 6. The van der Waals surface area contributed by atoms with Crippen molar-refractivity contribution in [3.63, 3.8) is 0 Å². The van der Waals surface area contributed by atoms with Gasteiger partial charge in [-0.1, -0.05) is 133 Å². The van der Waals surface area contributed by atoms with Crippen LogP contribution in [0.2, 0.25) is 0 Å². The second-order valence-electron chi connectivity index (χ2n) is 16.2. The summed E-state index contributed by atoms with van der Waals surface area (Å²) in [5.41, 5.74) is 18.3. The molecule has 1 spiro atoms. The first-order valence-electron chi connectivity index (χ1n) is 20.7. The minimum absolute atomic E-state index is 0.518. The Morgan fingerprint density at radius 2 is 0.833 bits per heavy atom. The van der Waals surface area contributed by atoms with Crippen molar-refractivity contribution in [2.45, 2.75) is 19.3 Å². The van der Waals surface area contributed by atoms with Gasteiger partial charge >= 0.3 is 0 Å². The first-order valence-corrected chi connectivity index (χ1v) is 21.6. The van der Waals surface area contributed by atoms with Crippen LogP contribution in [0, 0.1) is 13.8 Å². The maximum Gasteiger partial charge on any atom is 0.0820 e. The lowest BCUT2D eigenvalue weighted by molar-refractivity contribution is 0.809. The predicted molar refractivity (Wildman–Crippen MR) is 254 cm³/mol. The zero-order valence-electron chi connectivity index (χ0n) is 33.4. The summed E-state index contributed by atoms with van der Waals surface area (Å²) in [7, 11) is 0. The van der Waals surface area contributed by atoms with Gasteiger partial charge in [0.25, 0.3) is 0 Å². The highest BCUT2D eigenvalue weighted by Crippen LogP contribution is 2.65. The van der Waals surface area contributed by atoms with E-state index in [1.165, 1.54) is 76.5 Å². The highest BCUT2D eigenvalue weighted by atomic mass is 32.1. The molecule has 10 aromatic rings. The minimum Gasteiger partial charge on any atom is -0.310 e. The van der Waals surface area contributed by atoms with Gasteiger partial charge in [0.05, 0.1) is 16.8 Å². The van der Waals surface area contributed by atoms with Crippen molar-refractivity contribution in [1.29, 1.82) is 0 Å². The Morgan fingerprint density at radius 3 is 1.38 bits per heavy atom. The Kier molecular flexibility index (Phi) is 7.79. The van der Waals surface area contributed by atoms with Crippen LogP contribution in [0.25, 0.3) is 43.8 Å². The summed E-state index contributed by atoms with van der Waals surface area (Å²) in [6.07, 6.45) is 0. The number of hydrogen-bond acceptors (Lipinski definition) is 3. The summed E-state index contributed by atoms with van der Waals surface area (Å²) >= 11 is 1.89. The highest BCUT2D eigenvalue weighted by Gasteiger charge is 2.53. The van der Waals surface area contributed by atoms with Gasteiger partial charge in [0.2, 0.25) is 0 Å². The van der Waals surface area contributed by atoms with Gasteiger partial charge in [-0.2, -0.15) is 0 Å². The van der Waals surface area contributed by atoms with Crippen LogP contribution in [0.15, 0.2) is 206 Å². The Morgan fingerprint density at radius 1 is 0.367 bits per heavy atom. The number of fused-ring (bicyclic) bond motifs is 12. The van der Waals surface area contributed by atoms with Crippen molar-refractivity contribution in [2.24, 2.45) is 0 Å². The third-order valence-electron chi connectivity index (χ3n) is 13.0. The number of thiophene rings is 1. The topological polar surface area (TPSA) is 6.48 Å². The molecule has 0 amide bonds. The van der Waals surface area contributed by atoms with E-state index in [2.05, 4.69) is 229 Å². The van der Waals surface area contributed by atoms with E-state index in [9.17, 15) is 0 Å². The summed E-state index contributed by atoms with van der Waals surface area (Å²) in [4.78, 5) is 6.30. The maximum absolute atomic E-state index is 2.51. The van der Waals surface area contributed by atoms with Crippen molar-refractivity contribution in [3.05, 3.63) is 238 Å². The maximum atomic E-state index is 2.51. The van der Waals surface area contributed by atoms with Crippen molar-refractivity contribution < 1.29 is 0 Å². The summed E-state index contributed by atoms with van der Waals surface area (Å²) in [6, 6.07) is 74.2. The predicted octanol–water partition coefficient (Wildman–Crippen LogP) is 16.0. The summed E-state index contributed by atoms with van der Waals surface area (Å²) in [5, 5.41) is 7.19. The van der Waals surface area contributed by atoms with E-state index < -0.39 is 5.41 Å². The van der Waals surface area contributed by atoms with E-state index in [0.717, 1.165) is 34.1 Å². The minimum atomic E-state index is -0.518. The van der Waals surface area contributed by atoms with Gasteiger partial charge in [-0.25, -0.2) is 0 Å². The molecule has 0 bridgehead atoms. The number of anilines is 6. The van der Waals surface area contributed by atoms with Gasteiger partial charge in [0.15, 0.2) is 0 Å². The first kappa shape index (κ1) is 34.8. The number of nitrogens with zero attached hydrogens (tertiary/aromatic N) is 2. The van der Waals surface area contributed by atoms with Gasteiger partial charge in [0, 0.05) is 38.4 Å². The second kappa shape index (κ2) is 13.4. The molecule has 0 fully saturated rings. The van der Waals surface area contributed by atoms with Crippen LogP contribution in [-0.4, -0.2) is 0 Å². The smallest absolute Gasteiger partial charge is 0.0820 e. The summed E-state index contributed by atoms with van der Waals surface area (Å²) in [5.74, 6) is 0. The average molecular weight is 785 g/mol. The lowest BCUT2D eigenvalue weighted by Crippen LogP contribution is -2.26. The molecule has 0 radical (unpaired) electrons. The quantitative estimate of drug-likeness (QED) is 0.166. The second-order valence-corrected chi connectivity index (χ2v) is 17.1.